The molecule has 50 heavy (non-hydrogen) atoms. The van der Waals surface area contributed by atoms with Gasteiger partial charge in [0.15, 0.2) is 5.78 Å². The van der Waals surface area contributed by atoms with Crippen LogP contribution in [-0.4, -0.2) is 66.8 Å². The quantitative estimate of drug-likeness (QED) is 0.109. The zero-order valence-electron chi connectivity index (χ0n) is 29.7. The van der Waals surface area contributed by atoms with E-state index in [0.29, 0.717) is 69.3 Å². The van der Waals surface area contributed by atoms with Crippen LogP contribution in [0.3, 0.4) is 0 Å². The van der Waals surface area contributed by atoms with E-state index in [1.165, 1.54) is 7.11 Å². The van der Waals surface area contributed by atoms with Crippen LogP contribution in [0.15, 0.2) is 23.4 Å². The molecule has 0 N–H and O–H groups in total. The van der Waals surface area contributed by atoms with Crippen LogP contribution in [0.25, 0.3) is 29.1 Å². The molecule has 256 valence electrons. The minimum atomic E-state index is -1.22. The Kier molecular flexibility index (Phi) is 11.0. The van der Waals surface area contributed by atoms with Crippen LogP contribution in [0.5, 0.6) is 0 Å². The van der Waals surface area contributed by atoms with Gasteiger partial charge in [0.1, 0.15) is 18.8 Å². The summed E-state index contributed by atoms with van der Waals surface area (Å²) in [6.45, 7) is 11.9. The number of carbonyl (C=O) groups is 4. The number of ether oxygens (including phenoxy) is 2. The van der Waals surface area contributed by atoms with E-state index in [4.69, 9.17) is 29.7 Å². The number of fused-ring (bicyclic) bond motifs is 8. The molecule has 3 aromatic rings. The topological polar surface area (TPSA) is 143 Å². The molecule has 1 aliphatic carbocycles. The SMILES string of the molecule is C/C=C\COC(=O)CC[C@H]1C(C)=C2/C=c3\[n-]/c(c(CC)c3C)=C\c3[n-]c(c(CC)c3C=O)/C=c3\[n-]c4c(c3C)C(=O)[C@H](C(=O)OC)C=4C1[N-]2.[Mg+2]. The van der Waals surface area contributed by atoms with E-state index in [-0.39, 0.29) is 48.0 Å². The molecule has 11 heteroatoms. The number of aldehydes is 1. The predicted molar refractivity (Wildman–Crippen MR) is 190 cm³/mol. The van der Waals surface area contributed by atoms with E-state index in [2.05, 4.69) is 6.92 Å². The number of hydrogen-bond donors (Lipinski definition) is 0. The molecule has 10 nitrogen and oxygen atoms in total. The van der Waals surface area contributed by atoms with Gasteiger partial charge in [-0.25, -0.2) is 0 Å². The van der Waals surface area contributed by atoms with Gasteiger partial charge in [-0.2, -0.15) is 0 Å². The van der Waals surface area contributed by atoms with Crippen molar-refractivity contribution >= 4 is 70.9 Å². The van der Waals surface area contributed by atoms with E-state index in [1.54, 1.807) is 13.0 Å². The third-order valence-electron chi connectivity index (χ3n) is 10.1. The zero-order chi connectivity index (χ0) is 35.1. The van der Waals surface area contributed by atoms with Crippen molar-refractivity contribution in [1.82, 2.24) is 15.0 Å². The van der Waals surface area contributed by atoms with Crippen molar-refractivity contribution in [3.63, 3.8) is 0 Å². The van der Waals surface area contributed by atoms with E-state index in [1.807, 2.05) is 52.0 Å². The molecule has 3 atom stereocenters. The second-order valence-corrected chi connectivity index (χ2v) is 12.7. The molecule has 2 aliphatic heterocycles. The Bertz CT molecular complexity index is 2210. The Hall–Kier alpha value is -4.35. The first kappa shape index (κ1) is 36.9. The van der Waals surface area contributed by atoms with Crippen molar-refractivity contribution in [1.29, 1.82) is 0 Å². The first-order valence-electron chi connectivity index (χ1n) is 16.8. The summed E-state index contributed by atoms with van der Waals surface area (Å²) in [6.07, 6.45) is 11.8. The number of ketones is 1. The normalized spacial score (nSPS) is 21.1. The molecule has 1 unspecified atom stereocenters. The number of rotatable bonds is 9. The van der Waals surface area contributed by atoms with Crippen LogP contribution in [0, 0.1) is 25.7 Å². The van der Waals surface area contributed by atoms with Gasteiger partial charge in [0.2, 0.25) is 0 Å². The molecule has 0 fully saturated rings. The monoisotopic (exact) mass is 684 g/mol. The Morgan fingerprint density at radius 3 is 2.28 bits per heavy atom. The minimum Gasteiger partial charge on any atom is -0.678 e. The summed E-state index contributed by atoms with van der Waals surface area (Å²) >= 11 is 0. The number of allylic oxidation sites excluding steroid dienone is 2. The fraction of sp³-hybridized carbons (Fsp3) is 0.385. The molecule has 3 aliphatic rings. The summed E-state index contributed by atoms with van der Waals surface area (Å²) in [4.78, 5) is 67.6. The van der Waals surface area contributed by atoms with Crippen LogP contribution in [0.4, 0.5) is 0 Å². The maximum absolute atomic E-state index is 14.1. The van der Waals surface area contributed by atoms with E-state index < -0.39 is 23.7 Å². The second-order valence-electron chi connectivity index (χ2n) is 12.7. The number of nitrogens with zero attached hydrogens (tertiary/aromatic N) is 4. The first-order chi connectivity index (χ1) is 23.6. The number of esters is 2. The molecule has 0 spiro atoms. The van der Waals surface area contributed by atoms with E-state index in [9.17, 15) is 19.2 Å². The van der Waals surface area contributed by atoms with E-state index in [0.717, 1.165) is 39.2 Å². The van der Waals surface area contributed by atoms with Crippen molar-refractivity contribution < 1.29 is 28.7 Å². The summed E-state index contributed by atoms with van der Waals surface area (Å²) in [5.41, 5.74) is 7.42. The third kappa shape index (κ3) is 6.15. The number of Topliss-reactive ketones (excluding diaryl/α,β-unsaturated/α-hetero) is 1. The average molecular weight is 685 g/mol. The van der Waals surface area contributed by atoms with Crippen molar-refractivity contribution in [3.05, 3.63) is 94.9 Å². The molecular weight excluding hydrogens is 645 g/mol. The zero-order valence-corrected chi connectivity index (χ0v) is 31.1. The summed E-state index contributed by atoms with van der Waals surface area (Å²) in [6, 6.07) is -0.664. The van der Waals surface area contributed by atoms with E-state index >= 15 is 0 Å². The van der Waals surface area contributed by atoms with Crippen molar-refractivity contribution in [3.8, 4) is 0 Å². The molecule has 8 bridgehead atoms. The van der Waals surface area contributed by atoms with Gasteiger partial charge >= 0.3 is 35.0 Å². The standard InChI is InChI=1S/C39H41N4O6.Mg/c1-8-11-14-49-32(45)13-12-24-20(5)27-15-26-19(4)22(9-2)29(40-26)17-31-25(18-44)23(10-3)30(41-31)16-28-21(6)33-37(43-28)34(36(24)42-27)35(38(33)46)39(47)48-7;/h8,11,15-18,24,35-36H,9-10,12-14H2,1-7H3,(H-,40,41,44,46);/q-3;+2/p-1/b11-8-,26-15-;/t24-,35+,36?;/m0./s1. The largest absolute Gasteiger partial charge is 2.00 e. The average Bonchev–Trinajstić information content (AvgIpc) is 3.84. The van der Waals surface area contributed by atoms with Gasteiger partial charge in [-0.05, 0) is 52.9 Å². The fourth-order valence-electron chi connectivity index (χ4n) is 7.47. The molecule has 0 radical (unpaired) electrons. The van der Waals surface area contributed by atoms with Crippen LogP contribution >= 0.6 is 0 Å². The third-order valence-corrected chi connectivity index (χ3v) is 10.1. The maximum atomic E-state index is 14.1. The number of methoxy groups -OCH3 is 1. The van der Waals surface area contributed by atoms with Crippen LogP contribution in [0.1, 0.15) is 94.9 Å². The van der Waals surface area contributed by atoms with Gasteiger partial charge in [0.25, 0.3) is 0 Å². The summed E-state index contributed by atoms with van der Waals surface area (Å²) < 4.78 is 10.6. The number of carbonyl (C=O) groups excluding carboxylic acids is 4. The Balaban J connectivity index is 0.00000486. The van der Waals surface area contributed by atoms with Gasteiger partial charge in [-0.3, -0.25) is 19.2 Å². The summed E-state index contributed by atoms with van der Waals surface area (Å²) in [7, 11) is 1.26. The Morgan fingerprint density at radius 2 is 1.62 bits per heavy atom. The molecule has 0 saturated carbocycles. The molecule has 0 amide bonds. The number of aromatic nitrogens is 3. The van der Waals surface area contributed by atoms with Crippen LogP contribution in [-0.2, 0) is 31.9 Å². The van der Waals surface area contributed by atoms with Crippen LogP contribution in [0.2, 0.25) is 0 Å². The summed E-state index contributed by atoms with van der Waals surface area (Å²) in [5, 5.41) is 7.58. The van der Waals surface area contributed by atoms with Crippen molar-refractivity contribution in [2.45, 2.75) is 73.3 Å². The molecule has 0 aromatic carbocycles. The molecule has 6 rings (SSSR count). The van der Waals surface area contributed by atoms with Gasteiger partial charge in [0, 0.05) is 17.5 Å². The van der Waals surface area contributed by atoms with Gasteiger partial charge in [0.05, 0.1) is 7.11 Å². The fourth-order valence-corrected chi connectivity index (χ4v) is 7.47. The predicted octanol–water partition coefficient (Wildman–Crippen LogP) is 1.87. The first-order valence-corrected chi connectivity index (χ1v) is 16.8. The maximum Gasteiger partial charge on any atom is 2.00 e. The Labute approximate surface area is 307 Å². The van der Waals surface area contributed by atoms with Crippen LogP contribution < -0.4 is 36.3 Å². The molecule has 3 aromatic heterocycles. The smallest absolute Gasteiger partial charge is 0.678 e. The Morgan fingerprint density at radius 1 is 0.920 bits per heavy atom. The number of hydrogen-bond acceptors (Lipinski definition) is 6. The molecule has 5 heterocycles. The van der Waals surface area contributed by atoms with Crippen molar-refractivity contribution in [2.75, 3.05) is 13.7 Å². The van der Waals surface area contributed by atoms with Crippen molar-refractivity contribution in [2.24, 2.45) is 11.8 Å². The van der Waals surface area contributed by atoms with Gasteiger partial charge in [-0.15, -0.1) is 38.5 Å². The molecular formula is C39H40MgN4O6-2. The van der Waals surface area contributed by atoms with Gasteiger partial charge < -0.3 is 29.7 Å². The summed E-state index contributed by atoms with van der Waals surface area (Å²) in [5.74, 6) is -2.96. The minimum absolute atomic E-state index is 0. The van der Waals surface area contributed by atoms with Gasteiger partial charge in [-0.1, -0.05) is 83.7 Å². The molecule has 0 saturated heterocycles. The second kappa shape index (κ2) is 14.9.